The molecule has 0 aliphatic carbocycles. The van der Waals surface area contributed by atoms with Crippen molar-refractivity contribution in [3.8, 4) is 23.4 Å². The van der Waals surface area contributed by atoms with E-state index in [4.69, 9.17) is 5.26 Å². The highest BCUT2D eigenvalue weighted by molar-refractivity contribution is 7.16. The number of rotatable bonds is 5. The van der Waals surface area contributed by atoms with Crippen LogP contribution in [0.1, 0.15) is 26.4 Å². The summed E-state index contributed by atoms with van der Waals surface area (Å²) in [5.74, 6) is 0.281. The van der Waals surface area contributed by atoms with Crippen LogP contribution >= 0.6 is 11.3 Å². The first-order chi connectivity index (χ1) is 16.6. The molecule has 0 unspecified atom stereocenters. The topological polar surface area (TPSA) is 141 Å². The maximum Gasteiger partial charge on any atom is 0.259 e. The summed E-state index contributed by atoms with van der Waals surface area (Å²) in [4.78, 5) is 24.7. The van der Waals surface area contributed by atoms with Crippen molar-refractivity contribution >= 4 is 28.2 Å². The molecule has 1 aliphatic rings. The highest BCUT2D eigenvalue weighted by Gasteiger charge is 2.27. The van der Waals surface area contributed by atoms with Gasteiger partial charge in [-0.15, -0.1) is 11.3 Å². The van der Waals surface area contributed by atoms with Gasteiger partial charge in [-0.05, 0) is 18.1 Å². The number of hydrogen-bond donors (Lipinski definition) is 1. The molecule has 1 aliphatic heterocycles. The van der Waals surface area contributed by atoms with Crippen LogP contribution in [0.25, 0.3) is 11.3 Å². The number of nitriles is 2. The van der Waals surface area contributed by atoms with E-state index < -0.39 is 0 Å². The summed E-state index contributed by atoms with van der Waals surface area (Å²) < 4.78 is 3.15. The van der Waals surface area contributed by atoms with E-state index in [1.807, 2.05) is 11.0 Å². The third kappa shape index (κ3) is 3.87. The molecule has 12 heteroatoms. The van der Waals surface area contributed by atoms with Crippen molar-refractivity contribution in [2.45, 2.75) is 19.5 Å². The van der Waals surface area contributed by atoms with E-state index in [-0.39, 0.29) is 12.5 Å². The predicted octanol–water partition coefficient (Wildman–Crippen LogP) is 2.35. The molecule has 0 aromatic carbocycles. The molecule has 4 aromatic rings. The molecule has 0 saturated heterocycles. The quantitative estimate of drug-likeness (QED) is 0.468. The Kier molecular flexibility index (Phi) is 5.49. The Morgan fingerprint density at radius 2 is 2.06 bits per heavy atom. The van der Waals surface area contributed by atoms with E-state index in [2.05, 4.69) is 37.6 Å². The lowest BCUT2D eigenvalue weighted by Gasteiger charge is -2.26. The summed E-state index contributed by atoms with van der Waals surface area (Å²) in [6.45, 7) is 1.35. The first kappa shape index (κ1) is 21.3. The number of amides is 1. The zero-order valence-electron chi connectivity index (χ0n) is 18.1. The molecule has 1 N–H and O–H groups in total. The van der Waals surface area contributed by atoms with Crippen molar-refractivity contribution in [2.75, 3.05) is 16.8 Å². The Balaban J connectivity index is 1.35. The molecular formula is C22H18N10OS. The van der Waals surface area contributed by atoms with Gasteiger partial charge < -0.3 is 10.2 Å². The molecule has 0 bridgehead atoms. The molecule has 168 valence electrons. The normalized spacial score (nSPS) is 12.6. The van der Waals surface area contributed by atoms with Crippen molar-refractivity contribution in [1.29, 1.82) is 10.5 Å². The summed E-state index contributed by atoms with van der Waals surface area (Å²) in [5, 5.41) is 30.3. The first-order valence-electron chi connectivity index (χ1n) is 10.4. The molecule has 5 rings (SSSR count). The Morgan fingerprint density at radius 3 is 2.76 bits per heavy atom. The van der Waals surface area contributed by atoms with Crippen molar-refractivity contribution in [2.24, 2.45) is 7.05 Å². The van der Waals surface area contributed by atoms with E-state index in [1.165, 1.54) is 17.5 Å². The van der Waals surface area contributed by atoms with Crippen LogP contribution in [-0.4, -0.2) is 42.0 Å². The van der Waals surface area contributed by atoms with Crippen LogP contribution in [0.3, 0.4) is 0 Å². The number of thiophene rings is 1. The van der Waals surface area contributed by atoms with Crippen molar-refractivity contribution in [3.63, 3.8) is 0 Å². The second-order valence-corrected chi connectivity index (χ2v) is 8.76. The number of nitrogens with zero attached hydrogens (tertiary/aromatic N) is 9. The van der Waals surface area contributed by atoms with Gasteiger partial charge in [0.2, 0.25) is 5.95 Å². The number of carbonyl (C=O) groups excluding carboxylic acids is 1. The zero-order valence-corrected chi connectivity index (χ0v) is 19.0. The lowest BCUT2D eigenvalue weighted by atomic mass is 10.0. The Bertz CT molecular complexity index is 1450. The highest BCUT2D eigenvalue weighted by Crippen LogP contribution is 2.37. The first-order valence-corrected chi connectivity index (χ1v) is 11.2. The fourth-order valence-electron chi connectivity index (χ4n) is 3.88. The van der Waals surface area contributed by atoms with E-state index in [9.17, 15) is 10.1 Å². The fourth-order valence-corrected chi connectivity index (χ4v) is 5.09. The summed E-state index contributed by atoms with van der Waals surface area (Å²) in [6.07, 6.45) is 8.85. The van der Waals surface area contributed by atoms with Crippen LogP contribution < -0.4 is 10.2 Å². The minimum absolute atomic E-state index is 0.151. The molecule has 34 heavy (non-hydrogen) atoms. The average molecular weight is 471 g/mol. The van der Waals surface area contributed by atoms with Gasteiger partial charge in [0.05, 0.1) is 35.6 Å². The van der Waals surface area contributed by atoms with Crippen molar-refractivity contribution in [1.82, 2.24) is 29.5 Å². The monoisotopic (exact) mass is 470 g/mol. The maximum absolute atomic E-state index is 12.6. The van der Waals surface area contributed by atoms with Gasteiger partial charge in [0.1, 0.15) is 17.6 Å². The summed E-state index contributed by atoms with van der Waals surface area (Å²) in [7, 11) is 1.74. The van der Waals surface area contributed by atoms with E-state index in [1.54, 1.807) is 41.2 Å². The second-order valence-electron chi connectivity index (χ2n) is 7.65. The van der Waals surface area contributed by atoms with Gasteiger partial charge in [-0.2, -0.15) is 20.7 Å². The van der Waals surface area contributed by atoms with Gasteiger partial charge in [0.15, 0.2) is 0 Å². The second kappa shape index (κ2) is 8.77. The minimum atomic E-state index is -0.297. The number of anilines is 2. The fraction of sp³-hybridized carbons (Fsp3) is 0.227. The summed E-state index contributed by atoms with van der Waals surface area (Å²) >= 11 is 1.40. The third-order valence-corrected chi connectivity index (χ3v) is 6.65. The van der Waals surface area contributed by atoms with Gasteiger partial charge in [-0.1, -0.05) is 0 Å². The molecule has 0 spiro atoms. The number of nitrogens with one attached hydrogen (secondary N) is 1. The number of aromatic nitrogens is 6. The van der Waals surface area contributed by atoms with E-state index in [0.717, 1.165) is 21.7 Å². The number of hydrogen-bond acceptors (Lipinski definition) is 9. The van der Waals surface area contributed by atoms with Gasteiger partial charge in [-0.25, -0.2) is 9.97 Å². The van der Waals surface area contributed by atoms with Crippen LogP contribution in [0.2, 0.25) is 0 Å². The van der Waals surface area contributed by atoms with Crippen molar-refractivity contribution in [3.05, 3.63) is 58.6 Å². The average Bonchev–Trinajstić information content (AvgIpc) is 3.57. The van der Waals surface area contributed by atoms with E-state index >= 15 is 0 Å². The van der Waals surface area contributed by atoms with Crippen LogP contribution in [0.5, 0.6) is 0 Å². The molecular weight excluding hydrogens is 452 g/mol. The summed E-state index contributed by atoms with van der Waals surface area (Å²) in [5.41, 5.74) is 3.46. The Hall–Kier alpha value is -4.55. The maximum atomic E-state index is 12.6. The SMILES string of the molecule is Cn1cc(C(=O)Nc2sc3c(c2C#N)CCN(c2ncc(-c4ccnn4CC#N)cn2)C3)cn1. The zero-order chi connectivity index (χ0) is 23.7. The number of aryl methyl sites for hydroxylation is 1. The van der Waals surface area contributed by atoms with Crippen molar-refractivity contribution < 1.29 is 4.79 Å². The van der Waals surface area contributed by atoms with E-state index in [0.29, 0.717) is 41.6 Å². The molecule has 11 nitrogen and oxygen atoms in total. The van der Waals surface area contributed by atoms with Crippen LogP contribution in [0, 0.1) is 22.7 Å². The molecule has 0 fully saturated rings. The van der Waals surface area contributed by atoms with Gasteiger partial charge in [-0.3, -0.25) is 14.2 Å². The molecule has 0 saturated carbocycles. The number of fused-ring (bicyclic) bond motifs is 1. The van der Waals surface area contributed by atoms with Crippen LogP contribution in [0.4, 0.5) is 10.9 Å². The highest BCUT2D eigenvalue weighted by atomic mass is 32.1. The predicted molar refractivity (Wildman–Crippen MR) is 124 cm³/mol. The lowest BCUT2D eigenvalue weighted by Crippen LogP contribution is -2.31. The molecule has 0 radical (unpaired) electrons. The van der Waals surface area contributed by atoms with Gasteiger partial charge >= 0.3 is 0 Å². The standard InChI is InChI=1S/C22H18N10OS/c1-30-12-15(11-28-30)20(33)29-21-17(8-24)16-3-6-31(13-19(16)34-21)22-25-9-14(10-26-22)18-2-5-27-32(18)7-4-23/h2,5,9-12H,3,6-7,13H2,1H3,(H,29,33). The Labute approximate surface area is 198 Å². The minimum Gasteiger partial charge on any atom is -0.335 e. The van der Waals surface area contributed by atoms with Crippen LogP contribution in [0.15, 0.2) is 37.1 Å². The molecule has 0 atom stereocenters. The Morgan fingerprint density at radius 1 is 1.24 bits per heavy atom. The largest absolute Gasteiger partial charge is 0.335 e. The number of carbonyl (C=O) groups is 1. The lowest BCUT2D eigenvalue weighted by molar-refractivity contribution is 0.102. The third-order valence-electron chi connectivity index (χ3n) is 5.52. The smallest absolute Gasteiger partial charge is 0.259 e. The van der Waals surface area contributed by atoms with Crippen LogP contribution in [-0.2, 0) is 26.6 Å². The summed E-state index contributed by atoms with van der Waals surface area (Å²) in [6, 6.07) is 6.16. The molecule has 1 amide bonds. The van der Waals surface area contributed by atoms with Gasteiger partial charge in [0.25, 0.3) is 5.91 Å². The molecule has 4 aromatic heterocycles. The van der Waals surface area contributed by atoms with Gasteiger partial charge in [0, 0.05) is 48.8 Å². The molecule has 5 heterocycles.